The highest BCUT2D eigenvalue weighted by Gasteiger charge is 2.31. The number of anilines is 1. The van der Waals surface area contributed by atoms with E-state index in [1.807, 2.05) is 50.4 Å². The van der Waals surface area contributed by atoms with Crippen molar-refractivity contribution in [1.29, 1.82) is 0 Å². The summed E-state index contributed by atoms with van der Waals surface area (Å²) in [4.78, 5) is 16.2. The Kier molecular flexibility index (Phi) is 15.6. The summed E-state index contributed by atoms with van der Waals surface area (Å²) in [7, 11) is 1.83. The molecule has 5 N–H and O–H groups in total. The van der Waals surface area contributed by atoms with Gasteiger partial charge in [0, 0.05) is 56.4 Å². The number of aliphatic hydroxyl groups excluding tert-OH is 1. The van der Waals surface area contributed by atoms with Gasteiger partial charge in [0.05, 0.1) is 22.2 Å². The number of rotatable bonds is 21. The quantitative estimate of drug-likeness (QED) is 0.0581. The molecule has 2 unspecified atom stereocenters. The molecule has 51 heavy (non-hydrogen) atoms. The topological polar surface area (TPSA) is 134 Å². The summed E-state index contributed by atoms with van der Waals surface area (Å²) >= 11 is 13.8. The van der Waals surface area contributed by atoms with Crippen LogP contribution in [0.2, 0.25) is 5.02 Å². The SMILES string of the molecule is CC[C@](C)(NCc1cc(Cl)c(OCc2cccc(C3=CC=CC(OCCCNCCCO)C3Cl)c2C)cc1OCc1cncc(NC)c1)C(=O)O. The molecule has 4 rings (SSSR count). The molecule has 2 aromatic carbocycles. The van der Waals surface area contributed by atoms with Crippen molar-refractivity contribution in [2.24, 2.45) is 0 Å². The van der Waals surface area contributed by atoms with Crippen molar-refractivity contribution in [3.05, 3.63) is 99.9 Å². The molecule has 0 fully saturated rings. The predicted octanol–water partition coefficient (Wildman–Crippen LogP) is 6.89. The number of carboxylic acids is 1. The van der Waals surface area contributed by atoms with Gasteiger partial charge in [0.15, 0.2) is 0 Å². The number of aromatic nitrogens is 1. The molecule has 1 heterocycles. The van der Waals surface area contributed by atoms with Gasteiger partial charge in [-0.1, -0.05) is 55.0 Å². The number of carboxylic acid groups (broad SMARTS) is 1. The third-order valence-corrected chi connectivity index (χ3v) is 9.84. The molecule has 0 bridgehead atoms. The maximum Gasteiger partial charge on any atom is 0.323 e. The van der Waals surface area contributed by atoms with Crippen LogP contribution in [0.5, 0.6) is 11.5 Å². The van der Waals surface area contributed by atoms with E-state index in [1.165, 1.54) is 0 Å². The average molecular weight is 742 g/mol. The van der Waals surface area contributed by atoms with Gasteiger partial charge >= 0.3 is 5.97 Å². The van der Waals surface area contributed by atoms with Gasteiger partial charge in [-0.15, -0.1) is 11.6 Å². The molecular formula is C39H50Cl2N4O6. The molecule has 1 aliphatic carbocycles. The van der Waals surface area contributed by atoms with E-state index < -0.39 is 11.5 Å². The average Bonchev–Trinajstić information content (AvgIpc) is 3.13. The van der Waals surface area contributed by atoms with Gasteiger partial charge in [0.25, 0.3) is 0 Å². The number of hydrogen-bond acceptors (Lipinski definition) is 9. The zero-order valence-corrected chi connectivity index (χ0v) is 31.3. The van der Waals surface area contributed by atoms with Gasteiger partial charge in [-0.3, -0.25) is 15.1 Å². The van der Waals surface area contributed by atoms with Gasteiger partial charge < -0.3 is 35.1 Å². The zero-order valence-electron chi connectivity index (χ0n) is 29.8. The van der Waals surface area contributed by atoms with Crippen LogP contribution in [0.15, 0.2) is 67.0 Å². The molecule has 276 valence electrons. The molecule has 0 radical (unpaired) electrons. The summed E-state index contributed by atoms with van der Waals surface area (Å²) in [5, 5.41) is 28.3. The van der Waals surface area contributed by atoms with Crippen molar-refractivity contribution in [3.8, 4) is 11.5 Å². The summed E-state index contributed by atoms with van der Waals surface area (Å²) in [5.41, 5.74) is 5.30. The lowest BCUT2D eigenvalue weighted by Crippen LogP contribution is -2.48. The van der Waals surface area contributed by atoms with Crippen molar-refractivity contribution in [2.75, 3.05) is 38.7 Å². The number of ether oxygens (including phenoxy) is 3. The number of aliphatic hydroxyl groups is 1. The Hall–Kier alpha value is -3.64. The summed E-state index contributed by atoms with van der Waals surface area (Å²) in [6.07, 6.45) is 11.2. The highest BCUT2D eigenvalue weighted by Crippen LogP contribution is 2.36. The second kappa shape index (κ2) is 19.8. The molecule has 0 amide bonds. The van der Waals surface area contributed by atoms with Crippen LogP contribution in [-0.2, 0) is 29.3 Å². The molecule has 0 aliphatic heterocycles. The molecule has 0 spiro atoms. The lowest BCUT2D eigenvalue weighted by molar-refractivity contribution is -0.144. The number of alkyl halides is 1. The van der Waals surface area contributed by atoms with Gasteiger partial charge in [-0.05, 0) is 80.6 Å². The number of aliphatic carboxylic acids is 1. The minimum absolute atomic E-state index is 0.183. The largest absolute Gasteiger partial charge is 0.488 e. The summed E-state index contributed by atoms with van der Waals surface area (Å²) < 4.78 is 18.7. The molecule has 0 saturated carbocycles. The first-order valence-corrected chi connectivity index (χ1v) is 18.1. The van der Waals surface area contributed by atoms with Crippen LogP contribution < -0.4 is 25.4 Å². The fourth-order valence-electron chi connectivity index (χ4n) is 5.53. The van der Waals surface area contributed by atoms with E-state index in [2.05, 4.69) is 33.9 Å². The normalized spacial score (nSPS) is 16.7. The van der Waals surface area contributed by atoms with Crippen molar-refractivity contribution >= 4 is 40.4 Å². The number of hydrogen-bond donors (Lipinski definition) is 5. The zero-order chi connectivity index (χ0) is 36.8. The molecule has 1 aromatic heterocycles. The summed E-state index contributed by atoms with van der Waals surface area (Å²) in [5.74, 6) is 0.0174. The number of halogens is 2. The van der Waals surface area contributed by atoms with E-state index in [1.54, 1.807) is 31.5 Å². The van der Waals surface area contributed by atoms with Crippen LogP contribution in [0.25, 0.3) is 5.57 Å². The molecule has 3 aromatic rings. The molecule has 10 nitrogen and oxygen atoms in total. The van der Waals surface area contributed by atoms with Crippen LogP contribution in [0.3, 0.4) is 0 Å². The van der Waals surface area contributed by atoms with Crippen molar-refractivity contribution in [1.82, 2.24) is 15.6 Å². The van der Waals surface area contributed by atoms with E-state index in [0.717, 1.165) is 59.4 Å². The maximum absolute atomic E-state index is 12.0. The number of benzene rings is 2. The summed E-state index contributed by atoms with van der Waals surface area (Å²) in [6, 6.07) is 11.5. The van der Waals surface area contributed by atoms with E-state index in [4.69, 9.17) is 42.5 Å². The number of carbonyl (C=O) groups is 1. The lowest BCUT2D eigenvalue weighted by atomic mass is 9.90. The monoisotopic (exact) mass is 740 g/mol. The Morgan fingerprint density at radius 1 is 1.06 bits per heavy atom. The minimum atomic E-state index is -1.12. The van der Waals surface area contributed by atoms with Crippen LogP contribution in [0.1, 0.15) is 60.9 Å². The van der Waals surface area contributed by atoms with Gasteiger partial charge in [0.1, 0.15) is 30.3 Å². The fourth-order valence-corrected chi connectivity index (χ4v) is 6.12. The van der Waals surface area contributed by atoms with Crippen molar-refractivity contribution in [2.45, 2.75) is 76.8 Å². The molecule has 3 atom stereocenters. The van der Waals surface area contributed by atoms with E-state index >= 15 is 0 Å². The predicted molar refractivity (Wildman–Crippen MR) is 204 cm³/mol. The first kappa shape index (κ1) is 40.1. The van der Waals surface area contributed by atoms with E-state index in [9.17, 15) is 9.90 Å². The summed E-state index contributed by atoms with van der Waals surface area (Å²) in [6.45, 7) is 8.58. The molecular weight excluding hydrogens is 691 g/mol. The van der Waals surface area contributed by atoms with Crippen LogP contribution >= 0.6 is 23.2 Å². The lowest BCUT2D eigenvalue weighted by Gasteiger charge is -2.27. The third-order valence-electron chi connectivity index (χ3n) is 9.06. The second-order valence-electron chi connectivity index (χ2n) is 12.7. The number of nitrogens with zero attached hydrogens (tertiary/aromatic N) is 1. The smallest absolute Gasteiger partial charge is 0.323 e. The number of nitrogens with one attached hydrogen (secondary N) is 3. The third kappa shape index (κ3) is 11.2. The van der Waals surface area contributed by atoms with Crippen molar-refractivity contribution in [3.63, 3.8) is 0 Å². The molecule has 12 heteroatoms. The molecule has 1 aliphatic rings. The maximum atomic E-state index is 12.0. The number of pyridine rings is 1. The Morgan fingerprint density at radius 2 is 1.84 bits per heavy atom. The standard InChI is InChI=1S/C39H50Cl2N4O6/c1-5-39(3,38(47)48)45-22-29-19-33(40)36(20-35(29)50-24-27-18-30(42-4)23-44-21-27)51-25-28-10-6-11-31(26(28)2)32-12-7-13-34(37(32)41)49-17-9-15-43-14-8-16-46/h6-7,10-13,18-21,23,34,37,42-43,45-46H,5,8-9,14-17,22,24-25H2,1-4H3,(H,47,48)/t34?,37?,39-/m0/s1. The Balaban J connectivity index is 1.49. The number of allylic oxidation sites excluding steroid dienone is 2. The van der Waals surface area contributed by atoms with E-state index in [0.29, 0.717) is 35.1 Å². The fraction of sp³-hybridized carbons (Fsp3) is 0.436. The first-order chi connectivity index (χ1) is 24.6. The molecule has 0 saturated heterocycles. The minimum Gasteiger partial charge on any atom is -0.488 e. The van der Waals surface area contributed by atoms with Gasteiger partial charge in [-0.2, -0.15) is 0 Å². The van der Waals surface area contributed by atoms with Crippen molar-refractivity contribution < 1.29 is 29.2 Å². The Bertz CT molecular complexity index is 1670. The van der Waals surface area contributed by atoms with Crippen LogP contribution in [0, 0.1) is 6.92 Å². The van der Waals surface area contributed by atoms with E-state index in [-0.39, 0.29) is 37.8 Å². The van der Waals surface area contributed by atoms with Gasteiger partial charge in [-0.25, -0.2) is 0 Å². The van der Waals surface area contributed by atoms with Gasteiger partial charge in [0.2, 0.25) is 0 Å². The highest BCUT2D eigenvalue weighted by molar-refractivity contribution is 6.32. The Morgan fingerprint density at radius 3 is 2.59 bits per heavy atom. The van der Waals surface area contributed by atoms with Crippen LogP contribution in [-0.4, -0.2) is 71.5 Å². The van der Waals surface area contributed by atoms with Crippen LogP contribution in [0.4, 0.5) is 5.69 Å². The first-order valence-electron chi connectivity index (χ1n) is 17.3. The second-order valence-corrected chi connectivity index (χ2v) is 13.5. The highest BCUT2D eigenvalue weighted by atomic mass is 35.5. The Labute approximate surface area is 311 Å².